The van der Waals surface area contributed by atoms with E-state index in [-0.39, 0.29) is 10.8 Å². The molecule has 0 radical (unpaired) electrons. The van der Waals surface area contributed by atoms with Crippen LogP contribution in [0.5, 0.6) is 0 Å². The number of nitrogens with zero attached hydrogens (tertiary/aromatic N) is 2. The summed E-state index contributed by atoms with van der Waals surface area (Å²) in [6.45, 7) is 0. The second kappa shape index (κ2) is 2.70. The number of aromatic nitrogens is 3. The fraction of sp³-hybridized carbons (Fsp3) is 0. The van der Waals surface area contributed by atoms with E-state index in [1.165, 1.54) is 12.3 Å². The summed E-state index contributed by atoms with van der Waals surface area (Å²) in [6, 6.07) is 1.40. The van der Waals surface area contributed by atoms with Gasteiger partial charge in [-0.1, -0.05) is 11.6 Å². The average Bonchev–Trinajstić information content (AvgIpc) is 2.46. The number of hydrogen-bond acceptors (Lipinski definition) is 3. The molecule has 0 saturated carbocycles. The van der Waals surface area contributed by atoms with Crippen molar-refractivity contribution in [3.05, 3.63) is 23.1 Å². The summed E-state index contributed by atoms with van der Waals surface area (Å²) in [5.74, 6) is -1.05. The number of rotatable bonds is 1. The zero-order valence-electron chi connectivity index (χ0n) is 6.28. The molecule has 0 aliphatic carbocycles. The Balaban J connectivity index is 2.68. The Morgan fingerprint density at radius 2 is 2.38 bits per heavy atom. The first-order valence-electron chi connectivity index (χ1n) is 3.41. The van der Waals surface area contributed by atoms with Crippen LogP contribution < -0.4 is 0 Å². The molecule has 2 rings (SSSR count). The second-order valence-corrected chi connectivity index (χ2v) is 2.80. The van der Waals surface area contributed by atoms with Crippen LogP contribution in [0, 0.1) is 0 Å². The molecule has 0 bridgehead atoms. The molecular formula is C7H4ClN3O2. The third-order valence-electron chi connectivity index (χ3n) is 1.54. The first-order chi connectivity index (χ1) is 6.16. The van der Waals surface area contributed by atoms with Crippen LogP contribution in [0.3, 0.4) is 0 Å². The maximum atomic E-state index is 10.5. The van der Waals surface area contributed by atoms with E-state index < -0.39 is 5.97 Å². The van der Waals surface area contributed by atoms with Crippen LogP contribution in [0.25, 0.3) is 11.2 Å². The lowest BCUT2D eigenvalue weighted by atomic mass is 10.4. The van der Waals surface area contributed by atoms with Crippen molar-refractivity contribution in [1.29, 1.82) is 0 Å². The summed E-state index contributed by atoms with van der Waals surface area (Å²) in [4.78, 5) is 20.9. The molecule has 0 aliphatic heterocycles. The molecule has 5 nitrogen and oxygen atoms in total. The molecule has 0 amide bonds. The molecule has 0 aromatic carbocycles. The lowest BCUT2D eigenvalue weighted by Gasteiger charge is -1.87. The lowest BCUT2D eigenvalue weighted by Crippen LogP contribution is -1.94. The fourth-order valence-corrected chi connectivity index (χ4v) is 1.12. The largest absolute Gasteiger partial charge is 0.477 e. The first kappa shape index (κ1) is 8.00. The van der Waals surface area contributed by atoms with Crippen molar-refractivity contribution in [3.8, 4) is 0 Å². The van der Waals surface area contributed by atoms with Crippen LogP contribution in [-0.4, -0.2) is 26.0 Å². The summed E-state index contributed by atoms with van der Waals surface area (Å²) in [5.41, 5.74) is 0.920. The highest BCUT2D eigenvalue weighted by Crippen LogP contribution is 2.12. The van der Waals surface area contributed by atoms with Crippen LogP contribution >= 0.6 is 11.6 Å². The van der Waals surface area contributed by atoms with Crippen molar-refractivity contribution in [3.63, 3.8) is 0 Å². The van der Waals surface area contributed by atoms with E-state index in [1.54, 1.807) is 0 Å². The van der Waals surface area contributed by atoms with Crippen molar-refractivity contribution in [2.45, 2.75) is 0 Å². The van der Waals surface area contributed by atoms with Crippen LogP contribution in [0.2, 0.25) is 5.15 Å². The van der Waals surface area contributed by atoms with Gasteiger partial charge in [0.1, 0.15) is 16.4 Å². The number of carboxylic acids is 1. The number of aromatic carboxylic acids is 1. The molecule has 0 fully saturated rings. The van der Waals surface area contributed by atoms with Crippen LogP contribution in [0.1, 0.15) is 10.5 Å². The lowest BCUT2D eigenvalue weighted by molar-refractivity contribution is 0.0691. The summed E-state index contributed by atoms with van der Waals surface area (Å²) in [6.07, 6.45) is 1.36. The number of carboxylic acid groups (broad SMARTS) is 1. The van der Waals surface area contributed by atoms with E-state index in [0.717, 1.165) is 0 Å². The SMILES string of the molecule is O=C(O)c1cc2ncc(Cl)nc2[nH]1. The molecule has 2 aromatic rings. The van der Waals surface area contributed by atoms with Crippen molar-refractivity contribution in [2.75, 3.05) is 0 Å². The van der Waals surface area contributed by atoms with Gasteiger partial charge < -0.3 is 10.1 Å². The summed E-state index contributed by atoms with van der Waals surface area (Å²) in [7, 11) is 0. The maximum Gasteiger partial charge on any atom is 0.352 e. The van der Waals surface area contributed by atoms with Gasteiger partial charge in [0.2, 0.25) is 0 Å². The normalized spacial score (nSPS) is 10.5. The molecular weight excluding hydrogens is 194 g/mol. The minimum atomic E-state index is -1.05. The highest BCUT2D eigenvalue weighted by atomic mass is 35.5. The Kier molecular flexibility index (Phi) is 1.66. The van der Waals surface area contributed by atoms with Gasteiger partial charge in [-0.25, -0.2) is 14.8 Å². The zero-order valence-corrected chi connectivity index (χ0v) is 7.04. The van der Waals surface area contributed by atoms with Gasteiger partial charge in [-0.15, -0.1) is 0 Å². The topological polar surface area (TPSA) is 78.9 Å². The van der Waals surface area contributed by atoms with E-state index in [0.29, 0.717) is 11.2 Å². The van der Waals surface area contributed by atoms with Gasteiger partial charge in [-0.2, -0.15) is 0 Å². The van der Waals surface area contributed by atoms with Gasteiger partial charge in [-0.3, -0.25) is 0 Å². The van der Waals surface area contributed by atoms with E-state index >= 15 is 0 Å². The summed E-state index contributed by atoms with van der Waals surface area (Å²) < 4.78 is 0. The molecule has 0 saturated heterocycles. The van der Waals surface area contributed by atoms with Gasteiger partial charge in [0.15, 0.2) is 5.65 Å². The molecule has 0 aliphatic rings. The Morgan fingerprint density at radius 3 is 3.08 bits per heavy atom. The Labute approximate surface area is 77.4 Å². The van der Waals surface area contributed by atoms with E-state index in [4.69, 9.17) is 16.7 Å². The van der Waals surface area contributed by atoms with Gasteiger partial charge in [-0.05, 0) is 6.07 Å². The van der Waals surface area contributed by atoms with Gasteiger partial charge in [0, 0.05) is 0 Å². The molecule has 66 valence electrons. The van der Waals surface area contributed by atoms with Gasteiger partial charge in [0.05, 0.1) is 6.20 Å². The van der Waals surface area contributed by atoms with Crippen molar-refractivity contribution >= 4 is 28.7 Å². The number of halogens is 1. The number of carbonyl (C=O) groups is 1. The Hall–Kier alpha value is -1.62. The van der Waals surface area contributed by atoms with Crippen molar-refractivity contribution < 1.29 is 9.90 Å². The Bertz CT molecular complexity index is 480. The standard InChI is InChI=1S/C7H4ClN3O2/c8-5-2-9-3-1-4(7(12)13)10-6(3)11-5/h1-2H,(H,10,11)(H,12,13). The summed E-state index contributed by atoms with van der Waals surface area (Å²) in [5, 5.41) is 8.86. The van der Waals surface area contributed by atoms with Crippen LogP contribution in [-0.2, 0) is 0 Å². The molecule has 0 atom stereocenters. The number of nitrogens with one attached hydrogen (secondary N) is 1. The monoisotopic (exact) mass is 197 g/mol. The first-order valence-corrected chi connectivity index (χ1v) is 3.79. The smallest absolute Gasteiger partial charge is 0.352 e. The average molecular weight is 198 g/mol. The highest BCUT2D eigenvalue weighted by Gasteiger charge is 2.08. The third kappa shape index (κ3) is 1.33. The van der Waals surface area contributed by atoms with Gasteiger partial charge in [0.25, 0.3) is 0 Å². The van der Waals surface area contributed by atoms with Crippen LogP contribution in [0.15, 0.2) is 12.3 Å². The van der Waals surface area contributed by atoms with E-state index in [2.05, 4.69) is 15.0 Å². The quantitative estimate of drug-likeness (QED) is 0.723. The number of hydrogen-bond donors (Lipinski definition) is 2. The minimum Gasteiger partial charge on any atom is -0.477 e. The molecule has 2 heterocycles. The second-order valence-electron chi connectivity index (χ2n) is 2.41. The molecule has 0 spiro atoms. The molecule has 13 heavy (non-hydrogen) atoms. The Morgan fingerprint density at radius 1 is 1.62 bits per heavy atom. The predicted molar refractivity (Wildman–Crippen MR) is 45.9 cm³/mol. The number of H-pyrrole nitrogens is 1. The zero-order chi connectivity index (χ0) is 9.42. The minimum absolute atomic E-state index is 0.0530. The molecule has 0 unspecified atom stereocenters. The van der Waals surface area contributed by atoms with Crippen molar-refractivity contribution in [2.24, 2.45) is 0 Å². The number of aromatic amines is 1. The molecule has 2 aromatic heterocycles. The highest BCUT2D eigenvalue weighted by molar-refractivity contribution is 6.29. The maximum absolute atomic E-state index is 10.5. The fourth-order valence-electron chi connectivity index (χ4n) is 0.990. The molecule has 6 heteroatoms. The molecule has 2 N–H and O–H groups in total. The third-order valence-corrected chi connectivity index (χ3v) is 1.72. The van der Waals surface area contributed by atoms with Crippen LogP contribution in [0.4, 0.5) is 0 Å². The predicted octanol–water partition coefficient (Wildman–Crippen LogP) is 1.31. The van der Waals surface area contributed by atoms with E-state index in [1.807, 2.05) is 0 Å². The van der Waals surface area contributed by atoms with E-state index in [9.17, 15) is 4.79 Å². The van der Waals surface area contributed by atoms with Crippen molar-refractivity contribution in [1.82, 2.24) is 15.0 Å². The summed E-state index contributed by atoms with van der Waals surface area (Å²) >= 11 is 5.57. The van der Waals surface area contributed by atoms with Gasteiger partial charge >= 0.3 is 5.97 Å². The number of fused-ring (bicyclic) bond motifs is 1.